The van der Waals surface area contributed by atoms with E-state index in [9.17, 15) is 8.78 Å². The smallest absolute Gasteiger partial charge is 0.277 e. The van der Waals surface area contributed by atoms with Crippen molar-refractivity contribution in [3.8, 4) is 0 Å². The fraction of sp³-hybridized carbons (Fsp3) is 0.400. The number of methoxy groups -OCH3 is 1. The summed E-state index contributed by atoms with van der Waals surface area (Å²) in [5, 5.41) is -1.44. The van der Waals surface area contributed by atoms with Crippen molar-refractivity contribution in [2.45, 2.75) is 29.9 Å². The quantitative estimate of drug-likeness (QED) is 0.470. The molecule has 0 aliphatic heterocycles. The van der Waals surface area contributed by atoms with E-state index in [1.165, 1.54) is 25.5 Å². The maximum atomic E-state index is 13.9. The first-order chi connectivity index (χ1) is 9.45. The molecule has 0 heterocycles. The number of ether oxygens (including phenoxy) is 1. The largest absolute Gasteiger partial charge is 0.359 e. The van der Waals surface area contributed by atoms with Gasteiger partial charge in [-0.2, -0.15) is 0 Å². The molecule has 1 aliphatic rings. The van der Waals surface area contributed by atoms with Crippen LogP contribution in [-0.4, -0.2) is 30.3 Å². The molecule has 0 N–H and O–H groups in total. The summed E-state index contributed by atoms with van der Waals surface area (Å²) in [5.74, 6) is -3.01. The number of benzene rings is 1. The average Bonchev–Trinajstić information content (AvgIpc) is 2.42. The fourth-order valence-corrected chi connectivity index (χ4v) is 2.30. The molecule has 0 amide bonds. The summed E-state index contributed by atoms with van der Waals surface area (Å²) in [6.07, 6.45) is 4.21. The first-order valence-electron chi connectivity index (χ1n) is 6.32. The minimum atomic E-state index is -3.01. The van der Waals surface area contributed by atoms with Gasteiger partial charge in [0.05, 0.1) is 6.42 Å². The molecule has 2 rings (SSSR count). The standard InChI is InChI=1S/C15H16ClF2NO/c1-20-14(16)9-7-13(15(17,18)11-14)19-10-8-12-5-3-2-4-6-12/h2-7,9-10,13H,8,11H2,1H3. The SMILES string of the molecule is COC1(Cl)C=CC(N=CCc2ccccc2)C(F)(F)C1. The number of aliphatic imine (C=N–C) groups is 1. The molecule has 1 aromatic rings. The lowest BCUT2D eigenvalue weighted by Crippen LogP contribution is -2.43. The van der Waals surface area contributed by atoms with Crippen molar-refractivity contribution in [3.05, 3.63) is 48.0 Å². The van der Waals surface area contributed by atoms with Crippen LogP contribution in [-0.2, 0) is 11.2 Å². The Balaban J connectivity index is 2.04. The van der Waals surface area contributed by atoms with E-state index >= 15 is 0 Å². The predicted molar refractivity (Wildman–Crippen MR) is 76.7 cm³/mol. The van der Waals surface area contributed by atoms with Crippen molar-refractivity contribution in [2.75, 3.05) is 7.11 Å². The Kier molecular flexibility index (Phi) is 4.55. The zero-order valence-electron chi connectivity index (χ0n) is 11.1. The monoisotopic (exact) mass is 299 g/mol. The third-order valence-corrected chi connectivity index (χ3v) is 3.63. The van der Waals surface area contributed by atoms with Gasteiger partial charge in [-0.3, -0.25) is 4.99 Å². The number of halogens is 3. The average molecular weight is 300 g/mol. The van der Waals surface area contributed by atoms with Gasteiger partial charge in [-0.1, -0.05) is 48.0 Å². The fourth-order valence-electron chi connectivity index (χ4n) is 2.05. The summed E-state index contributed by atoms with van der Waals surface area (Å²) in [7, 11) is 1.31. The molecule has 1 aliphatic carbocycles. The Morgan fingerprint density at radius 1 is 1.40 bits per heavy atom. The second-order valence-corrected chi connectivity index (χ2v) is 5.39. The molecule has 2 nitrogen and oxygen atoms in total. The number of rotatable bonds is 4. The van der Waals surface area contributed by atoms with E-state index in [0.29, 0.717) is 6.42 Å². The molecule has 0 bridgehead atoms. The second kappa shape index (κ2) is 6.02. The van der Waals surface area contributed by atoms with Crippen LogP contribution in [0.3, 0.4) is 0 Å². The topological polar surface area (TPSA) is 21.6 Å². The number of nitrogens with zero attached hydrogens (tertiary/aromatic N) is 1. The molecule has 5 heteroatoms. The first kappa shape index (κ1) is 15.1. The van der Waals surface area contributed by atoms with Gasteiger partial charge in [0.1, 0.15) is 6.04 Å². The van der Waals surface area contributed by atoms with Gasteiger partial charge in [-0.05, 0) is 11.6 Å². The Morgan fingerprint density at radius 2 is 2.10 bits per heavy atom. The number of hydrogen-bond donors (Lipinski definition) is 0. The van der Waals surface area contributed by atoms with Crippen molar-refractivity contribution in [3.63, 3.8) is 0 Å². The molecule has 0 fully saturated rings. The third kappa shape index (κ3) is 3.64. The van der Waals surface area contributed by atoms with Gasteiger partial charge >= 0.3 is 0 Å². The normalized spacial score (nSPS) is 28.9. The van der Waals surface area contributed by atoms with E-state index in [1.807, 2.05) is 30.3 Å². The lowest BCUT2D eigenvalue weighted by molar-refractivity contribution is -0.0707. The zero-order valence-corrected chi connectivity index (χ0v) is 11.9. The Morgan fingerprint density at radius 3 is 2.70 bits per heavy atom. The Hall–Kier alpha value is -1.26. The van der Waals surface area contributed by atoms with Crippen LogP contribution in [0.15, 0.2) is 47.5 Å². The van der Waals surface area contributed by atoms with E-state index in [-0.39, 0.29) is 0 Å². The van der Waals surface area contributed by atoms with Crippen molar-refractivity contribution in [2.24, 2.45) is 4.99 Å². The summed E-state index contributed by atoms with van der Waals surface area (Å²) in [4.78, 5) is 3.96. The van der Waals surface area contributed by atoms with Gasteiger partial charge in [0.15, 0.2) is 5.06 Å². The van der Waals surface area contributed by atoms with Crippen LogP contribution in [0.5, 0.6) is 0 Å². The number of hydrogen-bond acceptors (Lipinski definition) is 2. The lowest BCUT2D eigenvalue weighted by atomic mass is 9.96. The van der Waals surface area contributed by atoms with Crippen LogP contribution in [0, 0.1) is 0 Å². The van der Waals surface area contributed by atoms with Crippen LogP contribution in [0.4, 0.5) is 8.78 Å². The third-order valence-electron chi connectivity index (χ3n) is 3.21. The van der Waals surface area contributed by atoms with Gasteiger partial charge in [0.2, 0.25) is 0 Å². The summed E-state index contributed by atoms with van der Waals surface area (Å²) in [6.45, 7) is 0. The minimum absolute atomic E-state index is 0.525. The maximum absolute atomic E-state index is 13.9. The van der Waals surface area contributed by atoms with E-state index < -0.39 is 23.4 Å². The van der Waals surface area contributed by atoms with Crippen molar-refractivity contribution >= 4 is 17.8 Å². The van der Waals surface area contributed by atoms with E-state index in [2.05, 4.69) is 4.99 Å². The molecule has 2 atom stereocenters. The van der Waals surface area contributed by atoms with Gasteiger partial charge in [0, 0.05) is 19.7 Å². The van der Waals surface area contributed by atoms with Gasteiger partial charge < -0.3 is 4.74 Å². The highest BCUT2D eigenvalue weighted by Gasteiger charge is 2.48. The summed E-state index contributed by atoms with van der Waals surface area (Å²) < 4.78 is 32.8. The molecule has 108 valence electrons. The summed E-state index contributed by atoms with van der Waals surface area (Å²) in [6, 6.07) is 8.37. The molecule has 0 spiro atoms. The lowest BCUT2D eigenvalue weighted by Gasteiger charge is -2.33. The highest BCUT2D eigenvalue weighted by molar-refractivity contribution is 6.24. The van der Waals surface area contributed by atoms with Crippen molar-refractivity contribution in [1.29, 1.82) is 0 Å². The second-order valence-electron chi connectivity index (χ2n) is 4.75. The molecule has 0 aromatic heterocycles. The molecule has 0 radical (unpaired) electrons. The zero-order chi connectivity index (χ0) is 14.6. The molecule has 0 saturated carbocycles. The van der Waals surface area contributed by atoms with Gasteiger partial charge in [-0.25, -0.2) is 8.78 Å². The van der Waals surface area contributed by atoms with Crippen LogP contribution < -0.4 is 0 Å². The summed E-state index contributed by atoms with van der Waals surface area (Å²) >= 11 is 5.90. The van der Waals surface area contributed by atoms with E-state index in [1.54, 1.807) is 0 Å². The highest BCUT2D eigenvalue weighted by atomic mass is 35.5. The van der Waals surface area contributed by atoms with Gasteiger partial charge in [0.25, 0.3) is 5.92 Å². The molecule has 2 unspecified atom stereocenters. The van der Waals surface area contributed by atoms with Crippen molar-refractivity contribution in [1.82, 2.24) is 0 Å². The van der Waals surface area contributed by atoms with Crippen LogP contribution in [0.1, 0.15) is 12.0 Å². The Labute approximate surface area is 122 Å². The highest BCUT2D eigenvalue weighted by Crippen LogP contribution is 2.40. The summed E-state index contributed by atoms with van der Waals surface area (Å²) in [5.41, 5.74) is 1.03. The molecular weight excluding hydrogens is 284 g/mol. The Bertz CT molecular complexity index is 504. The van der Waals surface area contributed by atoms with Crippen LogP contribution >= 0.6 is 11.6 Å². The van der Waals surface area contributed by atoms with E-state index in [0.717, 1.165) is 5.56 Å². The van der Waals surface area contributed by atoms with Gasteiger partial charge in [-0.15, -0.1) is 0 Å². The minimum Gasteiger partial charge on any atom is -0.359 e. The first-order valence-corrected chi connectivity index (χ1v) is 6.70. The van der Waals surface area contributed by atoms with Crippen LogP contribution in [0.25, 0.3) is 0 Å². The number of alkyl halides is 3. The van der Waals surface area contributed by atoms with Crippen molar-refractivity contribution < 1.29 is 13.5 Å². The van der Waals surface area contributed by atoms with Crippen LogP contribution in [0.2, 0.25) is 0 Å². The maximum Gasteiger partial charge on any atom is 0.277 e. The molecule has 20 heavy (non-hydrogen) atoms. The van der Waals surface area contributed by atoms with E-state index in [4.69, 9.17) is 16.3 Å². The predicted octanol–water partition coefficient (Wildman–Crippen LogP) is 3.85. The molecule has 1 aromatic carbocycles. The molecule has 0 saturated heterocycles. The molecular formula is C15H16ClF2NO.